The first-order valence-corrected chi connectivity index (χ1v) is 6.12. The lowest BCUT2D eigenvalue weighted by molar-refractivity contribution is 0.112. The fourth-order valence-electron chi connectivity index (χ4n) is 1.63. The number of fused-ring (bicyclic) bond motifs is 1. The third kappa shape index (κ3) is 2.13. The van der Waals surface area contributed by atoms with Crippen LogP contribution in [0, 0.1) is 0 Å². The van der Waals surface area contributed by atoms with Gasteiger partial charge in [0.2, 0.25) is 0 Å². The molecule has 0 aliphatic rings. The van der Waals surface area contributed by atoms with Crippen LogP contribution in [0.3, 0.4) is 0 Å². The normalized spacial score (nSPS) is 11.6. The van der Waals surface area contributed by atoms with Gasteiger partial charge in [0.15, 0.2) is 0 Å². The second-order valence-corrected chi connectivity index (χ2v) is 5.01. The lowest BCUT2D eigenvalue weighted by atomic mass is 10.1. The predicted molar refractivity (Wildman–Crippen MR) is 63.6 cm³/mol. The summed E-state index contributed by atoms with van der Waals surface area (Å²) in [6.07, 6.45) is 0.621. The minimum atomic E-state index is -4.26. The smallest absolute Gasteiger partial charge is 0.294 e. The number of carbonyl (C=O) groups excluding carboxylic acids is 1. The highest BCUT2D eigenvalue weighted by atomic mass is 32.2. The van der Waals surface area contributed by atoms with E-state index in [1.54, 1.807) is 0 Å². The molecule has 0 atom stereocenters. The number of aldehydes is 1. The van der Waals surface area contributed by atoms with Crippen molar-refractivity contribution >= 4 is 32.9 Å². The van der Waals surface area contributed by atoms with Gasteiger partial charge in [0.1, 0.15) is 6.29 Å². The Balaban J connectivity index is 2.81. The van der Waals surface area contributed by atoms with Crippen molar-refractivity contribution in [2.45, 2.75) is 4.90 Å². The highest BCUT2D eigenvalue weighted by Gasteiger charge is 2.11. The Kier molecular flexibility index (Phi) is 2.60. The van der Waals surface area contributed by atoms with E-state index in [2.05, 4.69) is 0 Å². The van der Waals surface area contributed by atoms with Gasteiger partial charge in [-0.15, -0.1) is 0 Å². The molecule has 0 amide bonds. The number of anilines is 1. The van der Waals surface area contributed by atoms with Crippen LogP contribution in [0.2, 0.25) is 0 Å². The Bertz CT molecular complexity index is 707. The van der Waals surface area contributed by atoms with Gasteiger partial charge in [-0.1, -0.05) is 6.07 Å². The van der Waals surface area contributed by atoms with E-state index in [1.165, 1.54) is 30.3 Å². The van der Waals surface area contributed by atoms with Crippen LogP contribution in [0.5, 0.6) is 0 Å². The van der Waals surface area contributed by atoms with Crippen LogP contribution in [0.25, 0.3) is 10.8 Å². The molecule has 0 heterocycles. The second-order valence-electron chi connectivity index (χ2n) is 3.59. The summed E-state index contributed by atoms with van der Waals surface area (Å²) >= 11 is 0. The summed E-state index contributed by atoms with van der Waals surface area (Å²) in [5.41, 5.74) is 6.45. The monoisotopic (exact) mass is 251 g/mol. The van der Waals surface area contributed by atoms with Crippen LogP contribution in [0.4, 0.5) is 5.69 Å². The molecule has 3 N–H and O–H groups in total. The zero-order valence-corrected chi connectivity index (χ0v) is 9.44. The van der Waals surface area contributed by atoms with Gasteiger partial charge >= 0.3 is 0 Å². The van der Waals surface area contributed by atoms with Gasteiger partial charge in [-0.25, -0.2) is 0 Å². The van der Waals surface area contributed by atoms with Gasteiger partial charge in [0.05, 0.1) is 4.90 Å². The van der Waals surface area contributed by atoms with Crippen LogP contribution in [-0.2, 0) is 10.1 Å². The molecule has 0 aliphatic carbocycles. The topological polar surface area (TPSA) is 97.5 Å². The zero-order chi connectivity index (χ0) is 12.6. The molecule has 6 heteroatoms. The number of rotatable bonds is 2. The lowest BCUT2D eigenvalue weighted by Crippen LogP contribution is -1.98. The van der Waals surface area contributed by atoms with Crippen molar-refractivity contribution in [1.82, 2.24) is 0 Å². The summed E-state index contributed by atoms with van der Waals surface area (Å²) in [6.45, 7) is 0. The molecule has 5 nitrogen and oxygen atoms in total. The molecule has 0 bridgehead atoms. The largest absolute Gasteiger partial charge is 0.398 e. The van der Waals surface area contributed by atoms with E-state index in [1.807, 2.05) is 0 Å². The number of benzene rings is 2. The van der Waals surface area contributed by atoms with E-state index in [0.717, 1.165) is 0 Å². The Morgan fingerprint density at radius 1 is 1.18 bits per heavy atom. The van der Waals surface area contributed by atoms with Crippen LogP contribution < -0.4 is 5.73 Å². The maximum absolute atomic E-state index is 11.0. The van der Waals surface area contributed by atoms with Crippen LogP contribution in [-0.4, -0.2) is 19.3 Å². The summed E-state index contributed by atoms with van der Waals surface area (Å²) in [5.74, 6) is 0. The standard InChI is InChI=1S/C11H9NO4S/c12-11-4-7(6-13)3-8-5-9(17(14,15)16)1-2-10(8)11/h1-6H,12H2,(H,14,15,16). The molecule has 0 unspecified atom stereocenters. The highest BCUT2D eigenvalue weighted by Crippen LogP contribution is 2.25. The van der Waals surface area contributed by atoms with Crippen molar-refractivity contribution in [3.05, 3.63) is 35.9 Å². The van der Waals surface area contributed by atoms with Crippen molar-refractivity contribution in [2.24, 2.45) is 0 Å². The molecule has 0 saturated carbocycles. The Morgan fingerprint density at radius 2 is 1.88 bits per heavy atom. The van der Waals surface area contributed by atoms with E-state index >= 15 is 0 Å². The molecule has 88 valence electrons. The first-order chi connectivity index (χ1) is 7.91. The van der Waals surface area contributed by atoms with Crippen molar-refractivity contribution in [3.8, 4) is 0 Å². The molecule has 2 rings (SSSR count). The molecule has 17 heavy (non-hydrogen) atoms. The van der Waals surface area contributed by atoms with Gasteiger partial charge < -0.3 is 5.73 Å². The Labute approximate surface area is 97.6 Å². The number of hydrogen-bond acceptors (Lipinski definition) is 4. The van der Waals surface area contributed by atoms with Gasteiger partial charge in [0.25, 0.3) is 10.1 Å². The maximum atomic E-state index is 11.0. The van der Waals surface area contributed by atoms with E-state index in [0.29, 0.717) is 28.3 Å². The average Bonchev–Trinajstić information content (AvgIpc) is 2.27. The quantitative estimate of drug-likeness (QED) is 0.478. The SMILES string of the molecule is Nc1cc(C=O)cc2cc(S(=O)(=O)O)ccc12. The predicted octanol–water partition coefficient (Wildman–Crippen LogP) is 1.48. The summed E-state index contributed by atoms with van der Waals surface area (Å²) in [4.78, 5) is 10.4. The second kappa shape index (κ2) is 3.83. The Morgan fingerprint density at radius 3 is 2.47 bits per heavy atom. The molecule has 2 aromatic rings. The molecule has 0 aromatic heterocycles. The van der Waals surface area contributed by atoms with Crippen molar-refractivity contribution in [2.75, 3.05) is 5.73 Å². The number of carbonyl (C=O) groups is 1. The number of nitrogens with two attached hydrogens (primary N) is 1. The minimum Gasteiger partial charge on any atom is -0.398 e. The highest BCUT2D eigenvalue weighted by molar-refractivity contribution is 7.85. The van der Waals surface area contributed by atoms with Gasteiger partial charge in [-0.3, -0.25) is 9.35 Å². The van der Waals surface area contributed by atoms with Gasteiger partial charge in [-0.05, 0) is 29.7 Å². The van der Waals surface area contributed by atoms with Crippen molar-refractivity contribution < 1.29 is 17.8 Å². The molecular weight excluding hydrogens is 242 g/mol. The third-order valence-corrected chi connectivity index (χ3v) is 3.26. The minimum absolute atomic E-state index is 0.229. The van der Waals surface area contributed by atoms with Crippen molar-refractivity contribution in [3.63, 3.8) is 0 Å². The van der Waals surface area contributed by atoms with E-state index in [9.17, 15) is 13.2 Å². The van der Waals surface area contributed by atoms with E-state index < -0.39 is 10.1 Å². The van der Waals surface area contributed by atoms with E-state index in [4.69, 9.17) is 10.3 Å². The molecule has 0 radical (unpaired) electrons. The van der Waals surface area contributed by atoms with Crippen molar-refractivity contribution in [1.29, 1.82) is 0 Å². The Hall–Kier alpha value is -1.92. The lowest BCUT2D eigenvalue weighted by Gasteiger charge is -2.05. The first-order valence-electron chi connectivity index (χ1n) is 4.68. The van der Waals surface area contributed by atoms with E-state index in [-0.39, 0.29) is 4.90 Å². The third-order valence-electron chi connectivity index (χ3n) is 2.41. The van der Waals surface area contributed by atoms with Gasteiger partial charge in [-0.2, -0.15) is 8.42 Å². The van der Waals surface area contributed by atoms with Crippen LogP contribution in [0.15, 0.2) is 35.2 Å². The summed E-state index contributed by atoms with van der Waals surface area (Å²) < 4.78 is 30.9. The first kappa shape index (κ1) is 11.6. The average molecular weight is 251 g/mol. The summed E-state index contributed by atoms with van der Waals surface area (Å²) in [6, 6.07) is 7.03. The van der Waals surface area contributed by atoms with Crippen LogP contribution in [0.1, 0.15) is 10.4 Å². The molecule has 0 spiro atoms. The molecule has 2 aromatic carbocycles. The maximum Gasteiger partial charge on any atom is 0.294 e. The molecule has 0 fully saturated rings. The summed E-state index contributed by atoms with van der Waals surface area (Å²) in [7, 11) is -4.26. The fourth-order valence-corrected chi connectivity index (χ4v) is 2.15. The number of hydrogen-bond donors (Lipinski definition) is 2. The molecule has 0 saturated heterocycles. The number of nitrogen functional groups attached to an aromatic ring is 1. The zero-order valence-electron chi connectivity index (χ0n) is 8.62. The van der Waals surface area contributed by atoms with Gasteiger partial charge in [0, 0.05) is 16.6 Å². The molecular formula is C11H9NO4S. The summed E-state index contributed by atoms with van der Waals surface area (Å²) in [5, 5.41) is 1.12. The molecule has 0 aliphatic heterocycles. The van der Waals surface area contributed by atoms with Crippen LogP contribution >= 0.6 is 0 Å². The fraction of sp³-hybridized carbons (Fsp3) is 0.